The molecule has 5 heterocycles. The Morgan fingerprint density at radius 2 is 1.65 bits per heavy atom. The van der Waals surface area contributed by atoms with Crippen LogP contribution in [0, 0.1) is 5.41 Å². The normalized spacial score (nSPS) is 32.1. The molecule has 1 spiro atoms. The molecule has 0 bridgehead atoms. The van der Waals surface area contributed by atoms with Gasteiger partial charge in [0.1, 0.15) is 0 Å². The summed E-state index contributed by atoms with van der Waals surface area (Å²) in [6.07, 6.45) is 5.06. The number of benzene rings is 2. The lowest BCUT2D eigenvalue weighted by atomic mass is 9.56. The zero-order chi connectivity index (χ0) is 23.3. The molecule has 178 valence electrons. The van der Waals surface area contributed by atoms with Gasteiger partial charge in [-0.3, -0.25) is 4.90 Å². The van der Waals surface area contributed by atoms with Crippen molar-refractivity contribution in [2.24, 2.45) is 5.41 Å². The van der Waals surface area contributed by atoms with Gasteiger partial charge in [-0.25, -0.2) is 0 Å². The van der Waals surface area contributed by atoms with Gasteiger partial charge in [-0.15, -0.1) is 0 Å². The van der Waals surface area contributed by atoms with E-state index in [9.17, 15) is 0 Å². The highest BCUT2D eigenvalue weighted by atomic mass is 15.4. The maximum atomic E-state index is 4.16. The number of nitrogens with one attached hydrogen (secondary N) is 3. The van der Waals surface area contributed by atoms with Gasteiger partial charge in [0, 0.05) is 46.8 Å². The quantitative estimate of drug-likeness (QED) is 0.449. The molecule has 0 amide bonds. The Hall–Kier alpha value is -2.30. The molecule has 4 unspecified atom stereocenters. The van der Waals surface area contributed by atoms with Gasteiger partial charge in [-0.2, -0.15) is 0 Å². The van der Waals surface area contributed by atoms with Crippen LogP contribution in [0.4, 0.5) is 5.69 Å². The number of rotatable bonds is 4. The summed E-state index contributed by atoms with van der Waals surface area (Å²) >= 11 is 0. The highest BCUT2D eigenvalue weighted by Crippen LogP contribution is 2.68. The second-order valence-corrected chi connectivity index (χ2v) is 11.4. The molecule has 0 radical (unpaired) electrons. The van der Waals surface area contributed by atoms with E-state index < -0.39 is 0 Å². The number of hydrogen-bond donors (Lipinski definition) is 3. The first-order valence-corrected chi connectivity index (χ1v) is 13.6. The largest absolute Gasteiger partial charge is 0.368 e. The molecule has 2 saturated heterocycles. The van der Waals surface area contributed by atoms with E-state index in [0.717, 1.165) is 13.1 Å². The van der Waals surface area contributed by atoms with Crippen LogP contribution < -0.4 is 10.6 Å². The zero-order valence-electron chi connectivity index (χ0n) is 21.0. The third kappa shape index (κ3) is 2.11. The number of nitrogens with zero attached hydrogens (tertiary/aromatic N) is 1. The van der Waals surface area contributed by atoms with E-state index in [1.54, 1.807) is 11.1 Å². The molecule has 3 N–H and O–H groups in total. The van der Waals surface area contributed by atoms with Gasteiger partial charge >= 0.3 is 0 Å². The summed E-state index contributed by atoms with van der Waals surface area (Å²) in [7, 11) is 0. The van der Waals surface area contributed by atoms with Crippen LogP contribution in [0.2, 0.25) is 0 Å². The predicted molar refractivity (Wildman–Crippen MR) is 140 cm³/mol. The molecule has 3 aromatic rings. The number of anilines is 1. The number of aromatic nitrogens is 1. The van der Waals surface area contributed by atoms with Gasteiger partial charge in [-0.1, -0.05) is 64.1 Å². The summed E-state index contributed by atoms with van der Waals surface area (Å²) in [6.45, 7) is 11.9. The SMILES string of the molecule is CCC1(CC)CN2C(c3[nH]c4ccccc4c31)C1NCC(CC)(CC)C13c1ccccc1NC23. The molecule has 2 aromatic carbocycles. The maximum absolute atomic E-state index is 4.16. The van der Waals surface area contributed by atoms with Crippen LogP contribution in [0.3, 0.4) is 0 Å². The van der Waals surface area contributed by atoms with Crippen molar-refractivity contribution in [3.8, 4) is 0 Å². The molecule has 0 aliphatic carbocycles. The smallest absolute Gasteiger partial charge is 0.0921 e. The van der Waals surface area contributed by atoms with Crippen LogP contribution in [0.15, 0.2) is 48.5 Å². The molecule has 4 heteroatoms. The molecule has 4 nitrogen and oxygen atoms in total. The third-order valence-electron chi connectivity index (χ3n) is 10.9. The van der Waals surface area contributed by atoms with Gasteiger partial charge in [0.15, 0.2) is 0 Å². The van der Waals surface area contributed by atoms with Crippen molar-refractivity contribution >= 4 is 16.6 Å². The first-order valence-electron chi connectivity index (χ1n) is 13.6. The topological polar surface area (TPSA) is 43.1 Å². The second-order valence-electron chi connectivity index (χ2n) is 11.4. The van der Waals surface area contributed by atoms with Crippen LogP contribution in [0.25, 0.3) is 10.9 Å². The van der Waals surface area contributed by atoms with E-state index in [1.165, 1.54) is 48.0 Å². The van der Waals surface area contributed by atoms with Gasteiger partial charge < -0.3 is 15.6 Å². The Balaban J connectivity index is 1.53. The highest BCUT2D eigenvalue weighted by Gasteiger charge is 2.75. The summed E-state index contributed by atoms with van der Waals surface area (Å²) in [4.78, 5) is 6.86. The first-order chi connectivity index (χ1) is 16.6. The fraction of sp³-hybridized carbons (Fsp3) is 0.533. The monoisotopic (exact) mass is 454 g/mol. The van der Waals surface area contributed by atoms with E-state index in [1.807, 2.05) is 0 Å². The van der Waals surface area contributed by atoms with Crippen LogP contribution in [0.1, 0.15) is 76.2 Å². The van der Waals surface area contributed by atoms with Crippen LogP contribution in [0.5, 0.6) is 0 Å². The predicted octanol–water partition coefficient (Wildman–Crippen LogP) is 6.06. The molecule has 4 aliphatic heterocycles. The molecule has 2 fully saturated rings. The van der Waals surface area contributed by atoms with Crippen molar-refractivity contribution in [3.05, 3.63) is 65.4 Å². The van der Waals surface area contributed by atoms with Gasteiger partial charge in [0.05, 0.1) is 17.6 Å². The Morgan fingerprint density at radius 3 is 2.41 bits per heavy atom. The van der Waals surface area contributed by atoms with Crippen molar-refractivity contribution < 1.29 is 0 Å². The van der Waals surface area contributed by atoms with Crippen molar-refractivity contribution in [3.63, 3.8) is 0 Å². The Kier molecular flexibility index (Phi) is 4.26. The first kappa shape index (κ1) is 21.0. The van der Waals surface area contributed by atoms with Crippen molar-refractivity contribution in [1.82, 2.24) is 15.2 Å². The van der Waals surface area contributed by atoms with E-state index in [4.69, 9.17) is 0 Å². The molecule has 34 heavy (non-hydrogen) atoms. The molecule has 7 rings (SSSR count). The molecule has 4 atom stereocenters. The number of hydrogen-bond acceptors (Lipinski definition) is 3. The lowest BCUT2D eigenvalue weighted by molar-refractivity contribution is 0.0763. The van der Waals surface area contributed by atoms with Gasteiger partial charge in [-0.05, 0) is 54.4 Å². The lowest BCUT2D eigenvalue weighted by Crippen LogP contribution is -2.56. The van der Waals surface area contributed by atoms with Crippen molar-refractivity contribution in [1.29, 1.82) is 0 Å². The molecular weight excluding hydrogens is 416 g/mol. The lowest BCUT2D eigenvalue weighted by Gasteiger charge is -2.48. The Bertz CT molecular complexity index is 1270. The fourth-order valence-electron chi connectivity index (χ4n) is 9.11. The standard InChI is InChI=1S/C30H38N4/c1-5-28(6-2)18-34-25(24-23(28)19-13-9-11-15-21(19)32-24)26-30(29(7-3,8-4)17-31-26)20-14-10-12-16-22(20)33-27(30)34/h9-16,25-27,31-33H,5-8,17-18H2,1-4H3. The van der Waals surface area contributed by atoms with Crippen LogP contribution in [-0.4, -0.2) is 35.2 Å². The minimum atomic E-state index is 0.0733. The average Bonchev–Trinajstić information content (AvgIpc) is 3.59. The Morgan fingerprint density at radius 1 is 0.912 bits per heavy atom. The molecular formula is C30H38N4. The van der Waals surface area contributed by atoms with Crippen molar-refractivity contribution in [2.45, 2.75) is 82.5 Å². The number of para-hydroxylation sites is 2. The zero-order valence-corrected chi connectivity index (χ0v) is 21.0. The molecule has 0 saturated carbocycles. The fourth-order valence-corrected chi connectivity index (χ4v) is 9.11. The summed E-state index contributed by atoms with van der Waals surface area (Å²) < 4.78 is 0. The van der Waals surface area contributed by atoms with Gasteiger partial charge in [0.25, 0.3) is 0 Å². The third-order valence-corrected chi connectivity index (χ3v) is 10.9. The number of fused-ring (bicyclic) bond motifs is 8. The van der Waals surface area contributed by atoms with Crippen LogP contribution in [-0.2, 0) is 10.8 Å². The maximum Gasteiger partial charge on any atom is 0.0921 e. The summed E-state index contributed by atoms with van der Waals surface area (Å²) in [6, 6.07) is 19.0. The summed E-state index contributed by atoms with van der Waals surface area (Å²) in [5, 5.41) is 9.70. The van der Waals surface area contributed by atoms with E-state index in [0.29, 0.717) is 18.2 Å². The summed E-state index contributed by atoms with van der Waals surface area (Å²) in [5.74, 6) is 0. The number of H-pyrrole nitrogens is 1. The summed E-state index contributed by atoms with van der Waals surface area (Å²) in [5.41, 5.74) is 7.76. The van der Waals surface area contributed by atoms with E-state index in [-0.39, 0.29) is 16.2 Å². The number of aromatic amines is 1. The molecule has 4 aliphatic rings. The Labute approximate surface area is 203 Å². The minimum absolute atomic E-state index is 0.0733. The average molecular weight is 455 g/mol. The van der Waals surface area contributed by atoms with E-state index in [2.05, 4.69) is 96.7 Å². The van der Waals surface area contributed by atoms with Gasteiger partial charge in [0.2, 0.25) is 0 Å². The molecule has 1 aromatic heterocycles. The van der Waals surface area contributed by atoms with Crippen molar-refractivity contribution in [2.75, 3.05) is 18.4 Å². The second kappa shape index (κ2) is 6.89. The van der Waals surface area contributed by atoms with Crippen LogP contribution >= 0.6 is 0 Å². The highest BCUT2D eigenvalue weighted by molar-refractivity contribution is 5.87. The van der Waals surface area contributed by atoms with E-state index >= 15 is 0 Å². The minimum Gasteiger partial charge on any atom is -0.368 e.